The van der Waals surface area contributed by atoms with Gasteiger partial charge in [-0.15, -0.1) is 0 Å². The number of anilines is 1. The molecule has 3 heterocycles. The average Bonchev–Trinajstić information content (AvgIpc) is 3.02. The van der Waals surface area contributed by atoms with E-state index in [0.717, 1.165) is 38.5 Å². The number of carbonyl (C=O) groups excluding carboxylic acids is 1. The highest BCUT2D eigenvalue weighted by Crippen LogP contribution is 2.12. The van der Waals surface area contributed by atoms with Gasteiger partial charge in [-0.1, -0.05) is 6.07 Å². The number of aromatic nitrogens is 2. The highest BCUT2D eigenvalue weighted by atomic mass is 16.2. The van der Waals surface area contributed by atoms with Gasteiger partial charge in [-0.3, -0.25) is 9.69 Å². The van der Waals surface area contributed by atoms with Crippen LogP contribution in [0.3, 0.4) is 0 Å². The normalized spacial score (nSPS) is 16.8. The van der Waals surface area contributed by atoms with Crippen molar-refractivity contribution in [2.24, 2.45) is 7.05 Å². The lowest BCUT2D eigenvalue weighted by Crippen LogP contribution is -2.51. The molecule has 1 saturated heterocycles. The Hall–Kier alpha value is -2.34. The maximum atomic E-state index is 12.2. The molecule has 6 heteroatoms. The number of aryl methyl sites for hydroxylation is 1. The largest absolute Gasteiger partial charge is 0.354 e. The molecular weight excluding hydrogens is 302 g/mol. The fraction of sp³-hybridized carbons (Fsp3) is 0.444. The topological polar surface area (TPSA) is 53.4 Å². The molecule has 1 N–H and O–H groups in total. The zero-order valence-electron chi connectivity index (χ0n) is 14.4. The minimum absolute atomic E-state index is 0.0119. The zero-order chi connectivity index (χ0) is 16.9. The van der Waals surface area contributed by atoms with E-state index in [2.05, 4.69) is 33.1 Å². The van der Waals surface area contributed by atoms with Crippen LogP contribution < -0.4 is 10.2 Å². The van der Waals surface area contributed by atoms with Crippen molar-refractivity contribution >= 4 is 11.7 Å². The second-order valence-corrected chi connectivity index (χ2v) is 6.35. The molecule has 0 radical (unpaired) electrons. The number of hydrogen-bond acceptors (Lipinski definition) is 4. The van der Waals surface area contributed by atoms with Crippen molar-refractivity contribution in [2.45, 2.75) is 13.0 Å². The molecule has 1 fully saturated rings. The molecule has 1 aliphatic heterocycles. The summed E-state index contributed by atoms with van der Waals surface area (Å²) in [5.74, 6) is 1.03. The van der Waals surface area contributed by atoms with Gasteiger partial charge in [0.25, 0.3) is 5.91 Å². The quantitative estimate of drug-likeness (QED) is 0.901. The predicted octanol–water partition coefficient (Wildman–Crippen LogP) is 1.36. The van der Waals surface area contributed by atoms with Gasteiger partial charge in [0.2, 0.25) is 0 Å². The van der Waals surface area contributed by atoms with Crippen molar-refractivity contribution in [3.63, 3.8) is 0 Å². The first-order valence-electron chi connectivity index (χ1n) is 8.44. The molecule has 3 rings (SSSR count). The Balaban J connectivity index is 1.46. The van der Waals surface area contributed by atoms with Gasteiger partial charge in [0.05, 0.1) is 0 Å². The van der Waals surface area contributed by atoms with Gasteiger partial charge < -0.3 is 14.8 Å². The molecular formula is C18H25N5O. The molecule has 2 aromatic heterocycles. The van der Waals surface area contributed by atoms with Crippen LogP contribution in [-0.2, 0) is 7.05 Å². The molecule has 0 aromatic carbocycles. The Morgan fingerprint density at radius 2 is 2.00 bits per heavy atom. The number of piperazine rings is 1. The average molecular weight is 327 g/mol. The minimum atomic E-state index is -0.0119. The first-order valence-corrected chi connectivity index (χ1v) is 8.44. The Labute approximate surface area is 143 Å². The molecule has 24 heavy (non-hydrogen) atoms. The fourth-order valence-electron chi connectivity index (χ4n) is 3.13. The number of amides is 1. The van der Waals surface area contributed by atoms with Crippen LogP contribution in [0, 0.1) is 0 Å². The van der Waals surface area contributed by atoms with Crippen molar-refractivity contribution in [1.29, 1.82) is 0 Å². The van der Waals surface area contributed by atoms with Crippen molar-refractivity contribution in [1.82, 2.24) is 19.8 Å². The molecule has 0 bridgehead atoms. The Morgan fingerprint density at radius 1 is 1.21 bits per heavy atom. The zero-order valence-corrected chi connectivity index (χ0v) is 14.4. The van der Waals surface area contributed by atoms with E-state index >= 15 is 0 Å². The molecule has 128 valence electrons. The number of rotatable bonds is 5. The van der Waals surface area contributed by atoms with Crippen LogP contribution in [-0.4, -0.2) is 59.1 Å². The van der Waals surface area contributed by atoms with Gasteiger partial charge in [-0.2, -0.15) is 0 Å². The first-order chi connectivity index (χ1) is 11.6. The summed E-state index contributed by atoms with van der Waals surface area (Å²) in [7, 11) is 1.89. The summed E-state index contributed by atoms with van der Waals surface area (Å²) in [6.45, 7) is 6.84. The predicted molar refractivity (Wildman–Crippen MR) is 95.2 cm³/mol. The van der Waals surface area contributed by atoms with Gasteiger partial charge in [0.15, 0.2) is 0 Å². The highest BCUT2D eigenvalue weighted by Gasteiger charge is 2.20. The molecule has 1 unspecified atom stereocenters. The van der Waals surface area contributed by atoms with Gasteiger partial charge >= 0.3 is 0 Å². The van der Waals surface area contributed by atoms with E-state index in [9.17, 15) is 4.79 Å². The Bertz CT molecular complexity index is 661. The number of hydrogen-bond donors (Lipinski definition) is 1. The first kappa shape index (κ1) is 16.5. The SMILES string of the molecule is CC(CN1CCN(c2ccccn2)CC1)NC(=O)c1cccn1C. The highest BCUT2D eigenvalue weighted by molar-refractivity contribution is 5.92. The van der Waals surface area contributed by atoms with E-state index in [0.29, 0.717) is 5.69 Å². The maximum Gasteiger partial charge on any atom is 0.268 e. The summed E-state index contributed by atoms with van der Waals surface area (Å²) in [4.78, 5) is 21.4. The fourth-order valence-corrected chi connectivity index (χ4v) is 3.13. The summed E-state index contributed by atoms with van der Waals surface area (Å²) in [5, 5.41) is 3.09. The van der Waals surface area contributed by atoms with E-state index in [1.807, 2.05) is 48.3 Å². The van der Waals surface area contributed by atoms with E-state index in [1.165, 1.54) is 0 Å². The number of carbonyl (C=O) groups is 1. The molecule has 1 aliphatic rings. The van der Waals surface area contributed by atoms with Crippen LogP contribution in [0.2, 0.25) is 0 Å². The Morgan fingerprint density at radius 3 is 2.62 bits per heavy atom. The van der Waals surface area contributed by atoms with Gasteiger partial charge in [-0.25, -0.2) is 4.98 Å². The van der Waals surface area contributed by atoms with Crippen LogP contribution in [0.15, 0.2) is 42.7 Å². The van der Waals surface area contributed by atoms with Crippen LogP contribution in [0.1, 0.15) is 17.4 Å². The van der Waals surface area contributed by atoms with Crippen LogP contribution >= 0.6 is 0 Å². The van der Waals surface area contributed by atoms with Gasteiger partial charge in [0, 0.05) is 58.2 Å². The lowest BCUT2D eigenvalue weighted by molar-refractivity contribution is 0.0920. The molecule has 0 saturated carbocycles. The molecule has 1 atom stereocenters. The Kier molecular flexibility index (Phi) is 5.15. The van der Waals surface area contributed by atoms with Crippen LogP contribution in [0.25, 0.3) is 0 Å². The van der Waals surface area contributed by atoms with E-state index in [1.54, 1.807) is 0 Å². The third-order valence-electron chi connectivity index (χ3n) is 4.43. The lowest BCUT2D eigenvalue weighted by Gasteiger charge is -2.36. The standard InChI is InChI=1S/C18H25N5O/c1-15(20-18(24)16-6-5-9-21(16)2)14-22-10-12-23(13-11-22)17-7-3-4-8-19-17/h3-9,15H,10-14H2,1-2H3,(H,20,24). The third-order valence-corrected chi connectivity index (χ3v) is 4.43. The summed E-state index contributed by atoms with van der Waals surface area (Å²) < 4.78 is 1.84. The summed E-state index contributed by atoms with van der Waals surface area (Å²) in [6.07, 6.45) is 3.72. The van der Waals surface area contributed by atoms with E-state index in [4.69, 9.17) is 0 Å². The van der Waals surface area contributed by atoms with Gasteiger partial charge in [0.1, 0.15) is 11.5 Å². The molecule has 0 aliphatic carbocycles. The third kappa shape index (κ3) is 3.94. The number of pyridine rings is 1. The monoisotopic (exact) mass is 327 g/mol. The van der Waals surface area contributed by atoms with Crippen LogP contribution in [0.5, 0.6) is 0 Å². The van der Waals surface area contributed by atoms with Crippen molar-refractivity contribution in [2.75, 3.05) is 37.6 Å². The maximum absolute atomic E-state index is 12.2. The van der Waals surface area contributed by atoms with Crippen molar-refractivity contribution in [3.8, 4) is 0 Å². The summed E-state index contributed by atoms with van der Waals surface area (Å²) in [5.41, 5.74) is 0.696. The summed E-state index contributed by atoms with van der Waals surface area (Å²) in [6, 6.07) is 9.86. The smallest absolute Gasteiger partial charge is 0.268 e. The van der Waals surface area contributed by atoms with Crippen molar-refractivity contribution in [3.05, 3.63) is 48.4 Å². The lowest BCUT2D eigenvalue weighted by atomic mass is 10.2. The number of nitrogens with one attached hydrogen (secondary N) is 1. The molecule has 1 amide bonds. The molecule has 0 spiro atoms. The minimum Gasteiger partial charge on any atom is -0.354 e. The summed E-state index contributed by atoms with van der Waals surface area (Å²) >= 11 is 0. The molecule has 2 aromatic rings. The van der Waals surface area contributed by atoms with E-state index < -0.39 is 0 Å². The second kappa shape index (κ2) is 7.49. The molecule has 6 nitrogen and oxygen atoms in total. The number of nitrogens with zero attached hydrogens (tertiary/aromatic N) is 4. The van der Waals surface area contributed by atoms with Crippen LogP contribution in [0.4, 0.5) is 5.82 Å². The van der Waals surface area contributed by atoms with Gasteiger partial charge in [-0.05, 0) is 31.2 Å². The van der Waals surface area contributed by atoms with E-state index in [-0.39, 0.29) is 11.9 Å². The van der Waals surface area contributed by atoms with Crippen molar-refractivity contribution < 1.29 is 4.79 Å². The second-order valence-electron chi connectivity index (χ2n) is 6.35.